The van der Waals surface area contributed by atoms with Crippen LogP contribution in [0.2, 0.25) is 0 Å². The average Bonchev–Trinajstić information content (AvgIpc) is 2.05. The number of allylic oxidation sites excluding steroid dienone is 1. The largest absolute Gasteiger partial charge is 0.316 e. The summed E-state index contributed by atoms with van der Waals surface area (Å²) in [7, 11) is 1.86. The molecule has 0 aromatic rings. The molecule has 2 nitrogen and oxygen atoms in total. The third-order valence-electron chi connectivity index (χ3n) is 2.14. The van der Waals surface area contributed by atoms with Crippen molar-refractivity contribution in [3.63, 3.8) is 0 Å². The van der Waals surface area contributed by atoms with Crippen LogP contribution >= 0.6 is 0 Å². The van der Waals surface area contributed by atoms with Crippen LogP contribution in [0.25, 0.3) is 0 Å². The molecule has 0 aromatic carbocycles. The Morgan fingerprint density at radius 2 is 2.08 bits per heavy atom. The predicted octanol–water partition coefficient (Wildman–Crippen LogP) is 1.77. The summed E-state index contributed by atoms with van der Waals surface area (Å²) in [5.41, 5.74) is -0.204. The zero-order valence-corrected chi connectivity index (χ0v) is 8.48. The Bertz CT molecular complexity index is 171. The van der Waals surface area contributed by atoms with Gasteiger partial charge in [0.05, 0.1) is 0 Å². The molecule has 0 atom stereocenters. The van der Waals surface area contributed by atoms with Crippen LogP contribution in [0, 0.1) is 5.41 Å². The van der Waals surface area contributed by atoms with E-state index >= 15 is 0 Å². The molecule has 12 heavy (non-hydrogen) atoms. The van der Waals surface area contributed by atoms with Gasteiger partial charge >= 0.3 is 0 Å². The van der Waals surface area contributed by atoms with Gasteiger partial charge < -0.3 is 5.32 Å². The molecule has 2 heteroatoms. The highest BCUT2D eigenvalue weighted by Gasteiger charge is 2.22. The summed E-state index contributed by atoms with van der Waals surface area (Å²) >= 11 is 0. The fourth-order valence-electron chi connectivity index (χ4n) is 0.684. The number of hydrogen-bond acceptors (Lipinski definition) is 2. The highest BCUT2D eigenvalue weighted by molar-refractivity contribution is 5.94. The summed E-state index contributed by atoms with van der Waals surface area (Å²) in [5, 5.41) is 2.95. The first-order valence-corrected chi connectivity index (χ1v) is 4.40. The molecule has 0 radical (unpaired) electrons. The molecule has 70 valence electrons. The molecule has 0 rings (SSSR count). The van der Waals surface area contributed by atoms with Gasteiger partial charge in [0.1, 0.15) is 0 Å². The second kappa shape index (κ2) is 5.09. The minimum Gasteiger partial charge on any atom is -0.316 e. The van der Waals surface area contributed by atoms with E-state index in [1.807, 2.05) is 33.9 Å². The van der Waals surface area contributed by atoms with Crippen LogP contribution in [-0.4, -0.2) is 19.4 Å². The summed E-state index contributed by atoms with van der Waals surface area (Å²) in [6.07, 6.45) is 4.41. The lowest BCUT2D eigenvalue weighted by Crippen LogP contribution is -2.21. The normalized spacial score (nSPS) is 12.3. The lowest BCUT2D eigenvalue weighted by Gasteiger charge is -2.18. The maximum Gasteiger partial charge on any atom is 0.160 e. The Morgan fingerprint density at radius 1 is 1.50 bits per heavy atom. The van der Waals surface area contributed by atoms with E-state index in [1.165, 1.54) is 0 Å². The SMILES string of the molecule is CCC(C)(C)C(=O)/C=C/CNC. The third kappa shape index (κ3) is 3.67. The van der Waals surface area contributed by atoms with E-state index in [1.54, 1.807) is 6.08 Å². The second-order valence-electron chi connectivity index (χ2n) is 3.56. The number of carbonyl (C=O) groups excluding carboxylic acids is 1. The molecule has 0 heterocycles. The van der Waals surface area contributed by atoms with Crippen molar-refractivity contribution in [3.05, 3.63) is 12.2 Å². The van der Waals surface area contributed by atoms with E-state index in [9.17, 15) is 4.79 Å². The lowest BCUT2D eigenvalue weighted by atomic mass is 9.85. The smallest absolute Gasteiger partial charge is 0.160 e. The number of likely N-dealkylation sites (N-methyl/N-ethyl adjacent to an activating group) is 1. The lowest BCUT2D eigenvalue weighted by molar-refractivity contribution is -0.122. The van der Waals surface area contributed by atoms with E-state index < -0.39 is 0 Å². The summed E-state index contributed by atoms with van der Waals surface area (Å²) in [5.74, 6) is 0.209. The standard InChI is InChI=1S/C10H19NO/c1-5-10(2,3)9(12)7-6-8-11-4/h6-7,11H,5,8H2,1-4H3/b7-6+. The first-order valence-electron chi connectivity index (χ1n) is 4.40. The van der Waals surface area contributed by atoms with Crippen LogP contribution in [-0.2, 0) is 4.79 Å². The average molecular weight is 169 g/mol. The molecule has 0 aromatic heterocycles. The van der Waals surface area contributed by atoms with Crippen molar-refractivity contribution in [3.8, 4) is 0 Å². The maximum absolute atomic E-state index is 11.5. The van der Waals surface area contributed by atoms with E-state index in [4.69, 9.17) is 0 Å². The van der Waals surface area contributed by atoms with Crippen molar-refractivity contribution in [2.75, 3.05) is 13.6 Å². The van der Waals surface area contributed by atoms with Gasteiger partial charge in [0.15, 0.2) is 5.78 Å². The number of hydrogen-bond donors (Lipinski definition) is 1. The Kier molecular flexibility index (Phi) is 4.83. The molecular formula is C10H19NO. The molecule has 0 saturated carbocycles. The fourth-order valence-corrected chi connectivity index (χ4v) is 0.684. The van der Waals surface area contributed by atoms with Gasteiger partial charge in [-0.15, -0.1) is 0 Å². The van der Waals surface area contributed by atoms with Crippen molar-refractivity contribution < 1.29 is 4.79 Å². The van der Waals surface area contributed by atoms with E-state index in [0.717, 1.165) is 13.0 Å². The van der Waals surface area contributed by atoms with Gasteiger partial charge in [-0.1, -0.05) is 26.8 Å². The van der Waals surface area contributed by atoms with Crippen molar-refractivity contribution in [2.45, 2.75) is 27.2 Å². The molecule has 0 bridgehead atoms. The molecule has 0 saturated heterocycles. The Labute approximate surface area is 75.0 Å². The molecule has 0 aliphatic rings. The molecule has 0 amide bonds. The first-order chi connectivity index (χ1) is 5.54. The molecule has 0 unspecified atom stereocenters. The van der Waals surface area contributed by atoms with Crippen molar-refractivity contribution >= 4 is 5.78 Å². The zero-order chi connectivity index (χ0) is 9.61. The van der Waals surface area contributed by atoms with E-state index in [0.29, 0.717) is 0 Å². The molecule has 0 spiro atoms. The fraction of sp³-hybridized carbons (Fsp3) is 0.700. The highest BCUT2D eigenvalue weighted by atomic mass is 16.1. The highest BCUT2D eigenvalue weighted by Crippen LogP contribution is 2.21. The minimum atomic E-state index is -0.204. The van der Waals surface area contributed by atoms with Gasteiger partial charge in [0.25, 0.3) is 0 Å². The van der Waals surface area contributed by atoms with Crippen LogP contribution in [0.5, 0.6) is 0 Å². The minimum absolute atomic E-state index is 0.204. The van der Waals surface area contributed by atoms with E-state index in [2.05, 4.69) is 5.32 Å². The Morgan fingerprint density at radius 3 is 2.50 bits per heavy atom. The van der Waals surface area contributed by atoms with Crippen LogP contribution in [0.4, 0.5) is 0 Å². The van der Waals surface area contributed by atoms with Crippen molar-refractivity contribution in [1.29, 1.82) is 0 Å². The van der Waals surface area contributed by atoms with Crippen molar-refractivity contribution in [2.24, 2.45) is 5.41 Å². The second-order valence-corrected chi connectivity index (χ2v) is 3.56. The van der Waals surface area contributed by atoms with Gasteiger partial charge in [-0.05, 0) is 19.5 Å². The van der Waals surface area contributed by atoms with Gasteiger partial charge in [-0.25, -0.2) is 0 Å². The zero-order valence-electron chi connectivity index (χ0n) is 8.48. The summed E-state index contributed by atoms with van der Waals surface area (Å²) in [6.45, 7) is 6.73. The molecule has 1 N–H and O–H groups in total. The Hall–Kier alpha value is -0.630. The van der Waals surface area contributed by atoms with Crippen LogP contribution in [0.1, 0.15) is 27.2 Å². The van der Waals surface area contributed by atoms with E-state index in [-0.39, 0.29) is 11.2 Å². The van der Waals surface area contributed by atoms with Crippen LogP contribution < -0.4 is 5.32 Å². The van der Waals surface area contributed by atoms with Crippen LogP contribution in [0.3, 0.4) is 0 Å². The van der Waals surface area contributed by atoms with Gasteiger partial charge in [-0.2, -0.15) is 0 Å². The monoisotopic (exact) mass is 169 g/mol. The maximum atomic E-state index is 11.5. The summed E-state index contributed by atoms with van der Waals surface area (Å²) in [4.78, 5) is 11.5. The topological polar surface area (TPSA) is 29.1 Å². The summed E-state index contributed by atoms with van der Waals surface area (Å²) < 4.78 is 0. The quantitative estimate of drug-likeness (QED) is 0.635. The first kappa shape index (κ1) is 11.4. The molecular weight excluding hydrogens is 150 g/mol. The predicted molar refractivity (Wildman–Crippen MR) is 52.1 cm³/mol. The van der Waals surface area contributed by atoms with Crippen LogP contribution in [0.15, 0.2) is 12.2 Å². The number of nitrogens with one attached hydrogen (secondary N) is 1. The van der Waals surface area contributed by atoms with Gasteiger partial charge in [-0.3, -0.25) is 4.79 Å². The third-order valence-corrected chi connectivity index (χ3v) is 2.14. The number of ketones is 1. The summed E-state index contributed by atoms with van der Waals surface area (Å²) in [6, 6.07) is 0. The van der Waals surface area contributed by atoms with Gasteiger partial charge in [0, 0.05) is 12.0 Å². The molecule has 0 aliphatic heterocycles. The van der Waals surface area contributed by atoms with Gasteiger partial charge in [0.2, 0.25) is 0 Å². The number of rotatable bonds is 5. The van der Waals surface area contributed by atoms with Crippen molar-refractivity contribution in [1.82, 2.24) is 5.32 Å². The number of carbonyl (C=O) groups is 1. The molecule has 0 fully saturated rings. The Balaban J connectivity index is 4.03. The molecule has 0 aliphatic carbocycles.